The lowest BCUT2D eigenvalue weighted by Crippen LogP contribution is -2.21. The molecule has 6 nitrogen and oxygen atoms in total. The number of hydrogen-bond acceptors (Lipinski definition) is 3. The Morgan fingerprint density at radius 2 is 1.87 bits per heavy atom. The van der Waals surface area contributed by atoms with E-state index >= 15 is 0 Å². The molecular weight excluding hydrogens is 292 g/mol. The number of fused-ring (bicyclic) bond motifs is 3. The Hall–Kier alpha value is -2.53. The van der Waals surface area contributed by atoms with Gasteiger partial charge in [-0.15, -0.1) is 0 Å². The summed E-state index contributed by atoms with van der Waals surface area (Å²) in [6.07, 6.45) is -2.21. The van der Waals surface area contributed by atoms with Crippen molar-refractivity contribution < 1.29 is 10.2 Å². The molecule has 0 fully saturated rings. The van der Waals surface area contributed by atoms with E-state index in [2.05, 4.69) is 33.6 Å². The molecule has 2 unspecified atom stereocenters. The van der Waals surface area contributed by atoms with E-state index in [4.69, 9.17) is 5.53 Å². The van der Waals surface area contributed by atoms with Gasteiger partial charge in [0.05, 0.1) is 12.6 Å². The highest BCUT2D eigenvalue weighted by Crippen LogP contribution is 2.31. The molecule has 0 bridgehead atoms. The Balaban J connectivity index is 2.11. The second-order valence-electron chi connectivity index (χ2n) is 5.46. The average Bonchev–Trinajstić information content (AvgIpc) is 2.92. The zero-order valence-corrected chi connectivity index (χ0v) is 12.8. The molecule has 2 N–H and O–H groups in total. The van der Waals surface area contributed by atoms with Crippen LogP contribution in [0.25, 0.3) is 32.2 Å². The lowest BCUT2D eigenvalue weighted by molar-refractivity contribution is 0.0245. The van der Waals surface area contributed by atoms with Crippen LogP contribution in [0.1, 0.15) is 18.6 Å². The fraction of sp³-hybridized carbons (Fsp3) is 0.294. The Labute approximate surface area is 133 Å². The minimum atomic E-state index is -1.12. The van der Waals surface area contributed by atoms with Crippen LogP contribution in [0.2, 0.25) is 0 Å². The third-order valence-electron chi connectivity index (χ3n) is 4.15. The lowest BCUT2D eigenvalue weighted by atomic mass is 10.0. The number of aromatic nitrogens is 1. The summed E-state index contributed by atoms with van der Waals surface area (Å²) < 4.78 is 2.22. The van der Waals surface area contributed by atoms with Gasteiger partial charge in [0.2, 0.25) is 0 Å². The number of rotatable bonds is 5. The van der Waals surface area contributed by atoms with Crippen LogP contribution in [-0.4, -0.2) is 27.4 Å². The third kappa shape index (κ3) is 2.64. The summed E-state index contributed by atoms with van der Waals surface area (Å²) in [5.41, 5.74) is 11.2. The van der Waals surface area contributed by atoms with Crippen molar-refractivity contribution in [2.24, 2.45) is 5.11 Å². The van der Waals surface area contributed by atoms with Gasteiger partial charge < -0.3 is 14.8 Å². The summed E-state index contributed by atoms with van der Waals surface area (Å²) in [5, 5.41) is 25.7. The molecular formula is C17H18N4O2. The van der Waals surface area contributed by atoms with Crippen LogP contribution in [0.15, 0.2) is 47.6 Å². The van der Waals surface area contributed by atoms with Crippen LogP contribution in [0.3, 0.4) is 0 Å². The second-order valence-corrected chi connectivity index (χ2v) is 5.46. The van der Waals surface area contributed by atoms with Crippen LogP contribution in [-0.2, 0) is 6.54 Å². The molecule has 0 aliphatic carbocycles. The van der Waals surface area contributed by atoms with Gasteiger partial charge in [0.25, 0.3) is 0 Å². The monoisotopic (exact) mass is 310 g/mol. The first-order valence-corrected chi connectivity index (χ1v) is 7.55. The van der Waals surface area contributed by atoms with Crippen molar-refractivity contribution in [3.05, 3.63) is 58.5 Å². The number of benzene rings is 2. The second kappa shape index (κ2) is 6.30. The van der Waals surface area contributed by atoms with E-state index in [1.165, 1.54) is 0 Å². The molecule has 0 radical (unpaired) electrons. The van der Waals surface area contributed by atoms with Gasteiger partial charge >= 0.3 is 0 Å². The van der Waals surface area contributed by atoms with Crippen LogP contribution in [0, 0.1) is 0 Å². The number of aryl methyl sites for hydroxylation is 1. The Morgan fingerprint density at radius 3 is 2.61 bits per heavy atom. The standard InChI is InChI=1S/C17H18N4O2/c1-2-21-14-6-4-3-5-12(14)13-9-11(7-8-15(13)21)17(23)16(22)10-19-20-18/h3-9,16-17,22-23H,2,10H2,1H3. The average molecular weight is 310 g/mol. The molecule has 1 heterocycles. The van der Waals surface area contributed by atoms with Gasteiger partial charge in [0.15, 0.2) is 0 Å². The number of hydrogen-bond donors (Lipinski definition) is 2. The van der Waals surface area contributed by atoms with Gasteiger partial charge in [-0.25, -0.2) is 0 Å². The normalized spacial score (nSPS) is 13.9. The highest BCUT2D eigenvalue weighted by molar-refractivity contribution is 6.08. The maximum atomic E-state index is 10.3. The lowest BCUT2D eigenvalue weighted by Gasteiger charge is -2.16. The van der Waals surface area contributed by atoms with E-state index < -0.39 is 12.2 Å². The van der Waals surface area contributed by atoms with Gasteiger partial charge in [0, 0.05) is 33.3 Å². The smallest absolute Gasteiger partial charge is 0.105 e. The van der Waals surface area contributed by atoms with Crippen LogP contribution in [0.4, 0.5) is 0 Å². The number of nitrogens with zero attached hydrogens (tertiary/aromatic N) is 4. The summed E-state index contributed by atoms with van der Waals surface area (Å²) in [4.78, 5) is 2.61. The first kappa shape index (κ1) is 15.4. The van der Waals surface area contributed by atoms with Crippen molar-refractivity contribution in [2.45, 2.75) is 25.7 Å². The highest BCUT2D eigenvalue weighted by Gasteiger charge is 2.19. The molecule has 118 valence electrons. The van der Waals surface area contributed by atoms with Crippen molar-refractivity contribution in [2.75, 3.05) is 6.54 Å². The fourth-order valence-electron chi connectivity index (χ4n) is 3.04. The highest BCUT2D eigenvalue weighted by atomic mass is 16.3. The van der Waals surface area contributed by atoms with Gasteiger partial charge in [-0.2, -0.15) is 0 Å². The topological polar surface area (TPSA) is 94.1 Å². The predicted octanol–water partition coefficient (Wildman–Crippen LogP) is 3.52. The largest absolute Gasteiger partial charge is 0.390 e. The van der Waals surface area contributed by atoms with Crippen molar-refractivity contribution in [1.29, 1.82) is 0 Å². The number of para-hydroxylation sites is 1. The molecule has 3 rings (SSSR count). The van der Waals surface area contributed by atoms with Crippen molar-refractivity contribution in [3.8, 4) is 0 Å². The van der Waals surface area contributed by atoms with E-state index in [0.717, 1.165) is 28.4 Å². The maximum absolute atomic E-state index is 10.3. The quantitative estimate of drug-likeness (QED) is 0.428. The van der Waals surface area contributed by atoms with Crippen LogP contribution < -0.4 is 0 Å². The van der Waals surface area contributed by atoms with E-state index in [9.17, 15) is 10.2 Å². The first-order chi connectivity index (χ1) is 11.2. The molecule has 23 heavy (non-hydrogen) atoms. The molecule has 2 aromatic carbocycles. The molecule has 1 aromatic heterocycles. The Morgan fingerprint density at radius 1 is 1.13 bits per heavy atom. The maximum Gasteiger partial charge on any atom is 0.105 e. The van der Waals surface area contributed by atoms with E-state index in [-0.39, 0.29) is 6.54 Å². The molecule has 0 aliphatic heterocycles. The summed E-state index contributed by atoms with van der Waals surface area (Å²) in [6.45, 7) is 2.79. The van der Waals surface area contributed by atoms with Crippen LogP contribution in [0.5, 0.6) is 0 Å². The molecule has 0 amide bonds. The predicted molar refractivity (Wildman–Crippen MR) is 90.1 cm³/mol. The molecule has 0 aliphatic rings. The molecule has 0 saturated heterocycles. The first-order valence-electron chi connectivity index (χ1n) is 7.55. The minimum absolute atomic E-state index is 0.160. The van der Waals surface area contributed by atoms with E-state index in [1.54, 1.807) is 6.07 Å². The van der Waals surface area contributed by atoms with Gasteiger partial charge in [-0.1, -0.05) is 29.4 Å². The zero-order chi connectivity index (χ0) is 16.4. The van der Waals surface area contributed by atoms with E-state index in [0.29, 0.717) is 5.56 Å². The SMILES string of the molecule is CCn1c2ccccc2c2cc(C(O)C(O)CN=[N+]=[N-])ccc21. The van der Waals surface area contributed by atoms with Crippen LogP contribution >= 0.6 is 0 Å². The fourth-order valence-corrected chi connectivity index (χ4v) is 3.04. The molecule has 3 aromatic rings. The third-order valence-corrected chi connectivity index (χ3v) is 4.15. The van der Waals surface area contributed by atoms with Gasteiger partial charge in [-0.3, -0.25) is 0 Å². The molecule has 6 heteroatoms. The summed E-state index contributed by atoms with van der Waals surface area (Å²) in [5.74, 6) is 0. The van der Waals surface area contributed by atoms with Gasteiger partial charge in [0.1, 0.15) is 6.10 Å². The summed E-state index contributed by atoms with van der Waals surface area (Å²) in [7, 11) is 0. The summed E-state index contributed by atoms with van der Waals surface area (Å²) in [6, 6.07) is 13.8. The number of aliphatic hydroxyl groups excluding tert-OH is 2. The Bertz CT molecular complexity index is 896. The molecule has 2 atom stereocenters. The Kier molecular flexibility index (Phi) is 4.21. The van der Waals surface area contributed by atoms with E-state index in [1.807, 2.05) is 24.3 Å². The number of aliphatic hydroxyl groups is 2. The summed E-state index contributed by atoms with van der Waals surface area (Å²) >= 11 is 0. The van der Waals surface area contributed by atoms with Crippen molar-refractivity contribution in [3.63, 3.8) is 0 Å². The zero-order valence-electron chi connectivity index (χ0n) is 12.8. The molecule has 0 spiro atoms. The molecule has 0 saturated carbocycles. The van der Waals surface area contributed by atoms with Gasteiger partial charge in [-0.05, 0) is 36.2 Å². The number of azide groups is 1. The minimum Gasteiger partial charge on any atom is -0.390 e. The van der Waals surface area contributed by atoms with Crippen molar-refractivity contribution >= 4 is 21.8 Å². The van der Waals surface area contributed by atoms with Crippen molar-refractivity contribution in [1.82, 2.24) is 4.57 Å².